The van der Waals surface area contributed by atoms with Crippen LogP contribution in [0.5, 0.6) is 0 Å². The van der Waals surface area contributed by atoms with Gasteiger partial charge in [0.25, 0.3) is 11.8 Å². The summed E-state index contributed by atoms with van der Waals surface area (Å²) in [4.78, 5) is 48.1. The molecule has 3 N–H and O–H groups in total. The number of nitrogens with one attached hydrogen (secondary N) is 2. The number of likely N-dealkylation sites (tertiary alicyclic amines) is 1. The van der Waals surface area contributed by atoms with Gasteiger partial charge in [0.1, 0.15) is 6.04 Å². The van der Waals surface area contributed by atoms with Gasteiger partial charge in [-0.1, -0.05) is 24.8 Å². The van der Waals surface area contributed by atoms with Crippen molar-refractivity contribution in [3.63, 3.8) is 0 Å². The molecule has 0 radical (unpaired) electrons. The van der Waals surface area contributed by atoms with Crippen LogP contribution in [0.3, 0.4) is 0 Å². The van der Waals surface area contributed by atoms with E-state index in [4.69, 9.17) is 0 Å². The van der Waals surface area contributed by atoms with Gasteiger partial charge in [-0.05, 0) is 12.1 Å². The smallest absolute Gasteiger partial charge is 0.326 e. The first-order chi connectivity index (χ1) is 11.8. The Balaban J connectivity index is 2.08. The van der Waals surface area contributed by atoms with E-state index in [1.807, 2.05) is 0 Å². The number of aliphatic carboxylic acids is 1. The third-order valence-corrected chi connectivity index (χ3v) is 3.80. The van der Waals surface area contributed by atoms with Gasteiger partial charge in [0, 0.05) is 31.5 Å². The molecule has 8 nitrogen and oxygen atoms in total. The van der Waals surface area contributed by atoms with E-state index in [0.717, 1.165) is 4.90 Å². The molecule has 2 atom stereocenters. The largest absolute Gasteiger partial charge is 0.480 e. The molecular formula is C17H19N3O5. The summed E-state index contributed by atoms with van der Waals surface area (Å²) in [6, 6.07) is 6.89. The highest BCUT2D eigenvalue weighted by atomic mass is 16.4. The van der Waals surface area contributed by atoms with E-state index in [9.17, 15) is 24.3 Å². The summed E-state index contributed by atoms with van der Waals surface area (Å²) in [5, 5.41) is 14.3. The average molecular weight is 345 g/mol. The second kappa shape index (κ2) is 7.61. The molecule has 1 fully saturated rings. The predicted molar refractivity (Wildman–Crippen MR) is 88.4 cm³/mol. The Morgan fingerprint density at radius 3 is 2.40 bits per heavy atom. The molecule has 8 heteroatoms. The number of hydrogen-bond donors (Lipinski definition) is 3. The molecule has 0 aromatic heterocycles. The topological polar surface area (TPSA) is 116 Å². The van der Waals surface area contributed by atoms with E-state index in [1.165, 1.54) is 6.92 Å². The van der Waals surface area contributed by atoms with Gasteiger partial charge in [-0.25, -0.2) is 4.79 Å². The number of rotatable bonds is 5. The van der Waals surface area contributed by atoms with Gasteiger partial charge >= 0.3 is 5.97 Å². The van der Waals surface area contributed by atoms with Crippen molar-refractivity contribution in [2.45, 2.75) is 25.4 Å². The van der Waals surface area contributed by atoms with Crippen LogP contribution < -0.4 is 10.6 Å². The van der Waals surface area contributed by atoms with Crippen LogP contribution in [-0.2, 0) is 14.4 Å². The molecule has 0 unspecified atom stereocenters. The van der Waals surface area contributed by atoms with Gasteiger partial charge in [0.15, 0.2) is 0 Å². The maximum atomic E-state index is 12.3. The summed E-state index contributed by atoms with van der Waals surface area (Å²) in [6.45, 7) is 4.71. The first kappa shape index (κ1) is 18.2. The third-order valence-electron chi connectivity index (χ3n) is 3.80. The van der Waals surface area contributed by atoms with Crippen molar-refractivity contribution in [3.8, 4) is 0 Å². The Bertz CT molecular complexity index is 716. The highest BCUT2D eigenvalue weighted by Crippen LogP contribution is 2.20. The molecule has 132 valence electrons. The SMILES string of the molecule is C=C(NC(C)=O)C(=O)N1C[C@H](NC(=O)c2ccccc2)C[C@H]1C(=O)O. The van der Waals surface area contributed by atoms with Gasteiger partial charge in [0.05, 0.1) is 5.70 Å². The van der Waals surface area contributed by atoms with Crippen molar-refractivity contribution in [1.82, 2.24) is 15.5 Å². The average Bonchev–Trinajstić information content (AvgIpc) is 2.98. The first-order valence-corrected chi connectivity index (χ1v) is 7.65. The zero-order valence-corrected chi connectivity index (χ0v) is 13.7. The van der Waals surface area contributed by atoms with E-state index in [1.54, 1.807) is 30.3 Å². The number of carboxylic acids is 1. The monoisotopic (exact) mass is 345 g/mol. The summed E-state index contributed by atoms with van der Waals surface area (Å²) in [7, 11) is 0. The fourth-order valence-corrected chi connectivity index (χ4v) is 2.70. The van der Waals surface area contributed by atoms with E-state index >= 15 is 0 Å². The van der Waals surface area contributed by atoms with Gasteiger partial charge in [0.2, 0.25) is 5.91 Å². The lowest BCUT2D eigenvalue weighted by atomic mass is 10.1. The molecule has 2 rings (SSSR count). The second-order valence-electron chi connectivity index (χ2n) is 5.74. The highest BCUT2D eigenvalue weighted by Gasteiger charge is 2.41. The number of carbonyl (C=O) groups excluding carboxylic acids is 3. The van der Waals surface area contributed by atoms with Crippen LogP contribution in [0.2, 0.25) is 0 Å². The maximum absolute atomic E-state index is 12.3. The predicted octanol–water partition coefficient (Wildman–Crippen LogP) is 0.120. The van der Waals surface area contributed by atoms with E-state index < -0.39 is 29.9 Å². The van der Waals surface area contributed by atoms with E-state index in [2.05, 4.69) is 17.2 Å². The molecule has 0 spiro atoms. The summed E-state index contributed by atoms with van der Waals surface area (Å²) in [6.07, 6.45) is 0.0764. The molecule has 3 amide bonds. The molecule has 0 aliphatic carbocycles. The number of hydrogen-bond acceptors (Lipinski definition) is 4. The zero-order valence-electron chi connectivity index (χ0n) is 13.7. The minimum absolute atomic E-state index is 0.0208. The fourth-order valence-electron chi connectivity index (χ4n) is 2.70. The van der Waals surface area contributed by atoms with Crippen molar-refractivity contribution in [2.75, 3.05) is 6.54 Å². The molecule has 1 heterocycles. The molecule has 25 heavy (non-hydrogen) atoms. The van der Waals surface area contributed by atoms with E-state index in [-0.39, 0.29) is 24.6 Å². The Morgan fingerprint density at radius 2 is 1.84 bits per heavy atom. The van der Waals surface area contributed by atoms with Crippen LogP contribution in [0.25, 0.3) is 0 Å². The molecule has 1 aromatic rings. The number of carbonyl (C=O) groups is 4. The van der Waals surface area contributed by atoms with Crippen LogP contribution >= 0.6 is 0 Å². The minimum Gasteiger partial charge on any atom is -0.480 e. The van der Waals surface area contributed by atoms with Crippen LogP contribution in [-0.4, -0.2) is 52.3 Å². The standard InChI is InChI=1S/C17H19N3O5/c1-10(18-11(2)21)16(23)20-9-13(8-14(20)17(24)25)19-15(22)12-6-4-3-5-7-12/h3-7,13-14H,1,8-9H2,2H3,(H,18,21)(H,19,22)(H,24,25)/t13-,14+/m1/s1. The van der Waals surface area contributed by atoms with Crippen LogP contribution in [0, 0.1) is 0 Å². The van der Waals surface area contributed by atoms with Crippen LogP contribution in [0.15, 0.2) is 42.6 Å². The fraction of sp³-hybridized carbons (Fsp3) is 0.294. The molecule has 1 aliphatic heterocycles. The lowest BCUT2D eigenvalue weighted by molar-refractivity contribution is -0.147. The number of nitrogens with zero attached hydrogens (tertiary/aromatic N) is 1. The van der Waals surface area contributed by atoms with E-state index in [0.29, 0.717) is 5.56 Å². The number of carboxylic acid groups (broad SMARTS) is 1. The summed E-state index contributed by atoms with van der Waals surface area (Å²) < 4.78 is 0. The van der Waals surface area contributed by atoms with Gasteiger partial charge in [-0.3, -0.25) is 14.4 Å². The minimum atomic E-state index is -1.18. The van der Waals surface area contributed by atoms with Crippen LogP contribution in [0.1, 0.15) is 23.7 Å². The Kier molecular flexibility index (Phi) is 5.53. The number of benzene rings is 1. The van der Waals surface area contributed by atoms with Crippen molar-refractivity contribution in [1.29, 1.82) is 0 Å². The van der Waals surface area contributed by atoms with Crippen LogP contribution in [0.4, 0.5) is 0 Å². The third kappa shape index (κ3) is 4.43. The highest BCUT2D eigenvalue weighted by molar-refractivity contribution is 5.99. The summed E-state index contributed by atoms with van der Waals surface area (Å²) >= 11 is 0. The van der Waals surface area contributed by atoms with Crippen molar-refractivity contribution < 1.29 is 24.3 Å². The van der Waals surface area contributed by atoms with Gasteiger partial charge in [-0.15, -0.1) is 0 Å². The molecular weight excluding hydrogens is 326 g/mol. The lowest BCUT2D eigenvalue weighted by Gasteiger charge is -2.22. The van der Waals surface area contributed by atoms with Crippen molar-refractivity contribution in [3.05, 3.63) is 48.2 Å². The van der Waals surface area contributed by atoms with Crippen molar-refractivity contribution in [2.24, 2.45) is 0 Å². The molecule has 1 aliphatic rings. The Hall–Kier alpha value is -3.16. The number of amides is 3. The zero-order chi connectivity index (χ0) is 18.6. The lowest BCUT2D eigenvalue weighted by Crippen LogP contribution is -2.44. The summed E-state index contributed by atoms with van der Waals surface area (Å²) in [5.74, 6) is -2.68. The Morgan fingerprint density at radius 1 is 1.20 bits per heavy atom. The molecule has 0 saturated carbocycles. The maximum Gasteiger partial charge on any atom is 0.326 e. The summed E-state index contributed by atoms with van der Waals surface area (Å²) in [5.41, 5.74) is 0.246. The normalized spacial score (nSPS) is 19.2. The van der Waals surface area contributed by atoms with Gasteiger partial charge in [-0.2, -0.15) is 0 Å². The first-order valence-electron chi connectivity index (χ1n) is 7.65. The molecule has 1 saturated heterocycles. The Labute approximate surface area is 144 Å². The van der Waals surface area contributed by atoms with Gasteiger partial charge < -0.3 is 20.6 Å². The second-order valence-corrected chi connectivity index (χ2v) is 5.74. The molecule has 0 bridgehead atoms. The van der Waals surface area contributed by atoms with Crippen molar-refractivity contribution >= 4 is 23.7 Å². The molecule has 1 aromatic carbocycles. The quantitative estimate of drug-likeness (QED) is 0.656.